The van der Waals surface area contributed by atoms with Crippen LogP contribution in [0.25, 0.3) is 0 Å². The Kier molecular flexibility index (Phi) is 18.8. The topological polar surface area (TPSA) is 44.8 Å². The van der Waals surface area contributed by atoms with Crippen LogP contribution in [0.3, 0.4) is 0 Å². The van der Waals surface area contributed by atoms with E-state index in [9.17, 15) is 4.57 Å². The summed E-state index contributed by atoms with van der Waals surface area (Å²) in [5.74, 6) is 0. The van der Waals surface area contributed by atoms with Gasteiger partial charge in [0.05, 0.1) is 0 Å². The Hall–Kier alpha value is 1.79. The van der Waals surface area contributed by atoms with Crippen LogP contribution in [0.5, 0.6) is 0 Å². The van der Waals surface area contributed by atoms with Gasteiger partial charge in [0, 0.05) is 0 Å². The van der Waals surface area contributed by atoms with Crippen molar-refractivity contribution in [2.45, 2.75) is 112 Å². The fourth-order valence-electron chi connectivity index (χ4n) is 2.52. The number of hydrogen-bond donors (Lipinski definition) is 0. The van der Waals surface area contributed by atoms with E-state index in [0.29, 0.717) is 0 Å². The molecule has 0 heterocycles. The van der Waals surface area contributed by atoms with Gasteiger partial charge in [-0.2, -0.15) is 0 Å². The van der Waals surface area contributed by atoms with Crippen LogP contribution in [0, 0.1) is 0 Å². The van der Waals surface area contributed by atoms with Crippen LogP contribution in [-0.2, 0) is 18.1 Å². The van der Waals surface area contributed by atoms with Gasteiger partial charge in [0.1, 0.15) is 0 Å². The van der Waals surface area contributed by atoms with E-state index >= 15 is 0 Å². The summed E-state index contributed by atoms with van der Waals surface area (Å²) in [6.45, 7) is 6.57. The molecule has 0 saturated heterocycles. The molecule has 0 aromatic carbocycles. The van der Waals surface area contributed by atoms with Crippen molar-refractivity contribution in [3.05, 3.63) is 0 Å². The van der Waals surface area contributed by atoms with Gasteiger partial charge in [0.25, 0.3) is 0 Å². The van der Waals surface area contributed by atoms with E-state index in [1.165, 1.54) is 89.1 Å². The number of unbranched alkanes of at least 4 members (excludes halogenated alkanes) is 6. The maximum atomic E-state index is 13.3. The molecule has 0 aliphatic carbocycles. The first kappa shape index (κ1) is 27.8. The molecule has 0 aromatic heterocycles. The van der Waals surface area contributed by atoms with Crippen LogP contribution in [0.15, 0.2) is 0 Å². The molecule has 158 valence electrons. The maximum absolute atomic E-state index is 13.3. The average Bonchev–Trinajstić information content (AvgIpc) is 2.55. The number of hydrogen-bond acceptors (Lipinski definition) is 4. The predicted octanol–water partition coefficient (Wildman–Crippen LogP) is 3.76. The van der Waals surface area contributed by atoms with Gasteiger partial charge >= 0.3 is 189 Å². The van der Waals surface area contributed by atoms with E-state index < -0.39 is 7.82 Å². The van der Waals surface area contributed by atoms with E-state index in [1.807, 2.05) is 0 Å². The van der Waals surface area contributed by atoms with Crippen molar-refractivity contribution in [2.24, 2.45) is 0 Å². The Morgan fingerprint density at radius 1 is 0.615 bits per heavy atom. The molecule has 0 radical (unpaired) electrons. The van der Waals surface area contributed by atoms with Gasteiger partial charge in [-0.25, -0.2) is 0 Å². The van der Waals surface area contributed by atoms with Crippen molar-refractivity contribution < 1.29 is 18.1 Å². The second-order valence-corrected chi connectivity index (χ2v) is 13.1. The van der Waals surface area contributed by atoms with Crippen LogP contribution in [0.4, 0.5) is 0 Å². The van der Waals surface area contributed by atoms with Gasteiger partial charge in [-0.3, -0.25) is 0 Å². The van der Waals surface area contributed by atoms with E-state index in [4.69, 9.17) is 13.6 Å². The van der Waals surface area contributed by atoms with Crippen molar-refractivity contribution in [3.8, 4) is 0 Å². The van der Waals surface area contributed by atoms with Gasteiger partial charge in [-0.15, -0.1) is 0 Å². The summed E-state index contributed by atoms with van der Waals surface area (Å²) in [5, 5.41) is 0. The molecule has 0 rings (SSSR count). The Labute approximate surface area is 188 Å². The van der Waals surface area contributed by atoms with Crippen LogP contribution in [0.2, 0.25) is 0 Å². The molecular weight excluding hydrogens is 536 g/mol. The van der Waals surface area contributed by atoms with Crippen molar-refractivity contribution in [1.82, 2.24) is 0 Å². The number of rotatable bonds is 18. The molecule has 0 aliphatic rings. The number of phosphoric ester groups is 1. The quantitative estimate of drug-likeness (QED) is 0.141. The molecule has 26 heavy (non-hydrogen) atoms. The van der Waals surface area contributed by atoms with E-state index in [0.717, 1.165) is 38.5 Å². The van der Waals surface area contributed by atoms with E-state index in [2.05, 4.69) is 20.8 Å². The zero-order valence-electron chi connectivity index (χ0n) is 17.0. The molecule has 0 N–H and O–H groups in total. The molecule has 6 unspecified atom stereocenters. The Balaban J connectivity index is 4.69. The SMILES string of the molecule is CCCCCC([AsH2])OP(=O)(OC([AsH2])CCCCC)OC([AsH2])CCCCC. The van der Waals surface area contributed by atoms with Crippen molar-refractivity contribution in [2.75, 3.05) is 0 Å². The third kappa shape index (κ3) is 15.7. The molecular formula is C18H42As3O4P. The van der Waals surface area contributed by atoms with Crippen LogP contribution in [-0.4, -0.2) is 65.2 Å². The summed E-state index contributed by atoms with van der Waals surface area (Å²) in [6.07, 6.45) is 13.2. The van der Waals surface area contributed by atoms with Gasteiger partial charge in [0.15, 0.2) is 0 Å². The third-order valence-electron chi connectivity index (χ3n) is 4.07. The molecule has 0 bridgehead atoms. The zero-order valence-corrected chi connectivity index (χ0v) is 25.2. The Morgan fingerprint density at radius 3 is 1.12 bits per heavy atom. The molecule has 0 saturated carbocycles. The summed E-state index contributed by atoms with van der Waals surface area (Å²) >= 11 is 4.42. The first-order valence-corrected chi connectivity index (χ1v) is 15.9. The molecule has 0 aromatic rings. The van der Waals surface area contributed by atoms with E-state index in [-0.39, 0.29) is 14.7 Å². The van der Waals surface area contributed by atoms with E-state index in [1.54, 1.807) is 0 Å². The van der Waals surface area contributed by atoms with Gasteiger partial charge < -0.3 is 0 Å². The van der Waals surface area contributed by atoms with Crippen molar-refractivity contribution in [3.63, 3.8) is 0 Å². The second kappa shape index (κ2) is 17.6. The summed E-state index contributed by atoms with van der Waals surface area (Å²) in [5.41, 5.74) is 0. The van der Waals surface area contributed by atoms with Gasteiger partial charge in [-0.1, -0.05) is 0 Å². The third-order valence-corrected chi connectivity index (χ3v) is 10.1. The van der Waals surface area contributed by atoms with Crippen LogP contribution >= 0.6 is 7.82 Å². The zero-order chi connectivity index (χ0) is 19.8. The van der Waals surface area contributed by atoms with Crippen molar-refractivity contribution in [1.29, 1.82) is 0 Å². The first-order valence-electron chi connectivity index (χ1n) is 10.3. The van der Waals surface area contributed by atoms with Crippen LogP contribution < -0.4 is 0 Å². The molecule has 0 aliphatic heterocycles. The molecule has 0 amide bonds. The summed E-state index contributed by atoms with van der Waals surface area (Å²) in [7, 11) is -3.49. The molecule has 0 spiro atoms. The first-order chi connectivity index (χ1) is 12.4. The average molecular weight is 578 g/mol. The minimum absolute atomic E-state index is 0.0365. The molecule has 0 fully saturated rings. The summed E-state index contributed by atoms with van der Waals surface area (Å²) < 4.78 is 31.0. The summed E-state index contributed by atoms with van der Waals surface area (Å²) in [6, 6.07) is 0. The van der Waals surface area contributed by atoms with Gasteiger partial charge in [0.2, 0.25) is 0 Å². The molecule has 4 nitrogen and oxygen atoms in total. The fraction of sp³-hybridized carbons (Fsp3) is 1.00. The number of phosphoric acid groups is 1. The second-order valence-electron chi connectivity index (χ2n) is 6.87. The Morgan fingerprint density at radius 2 is 0.885 bits per heavy atom. The normalized spacial score (nSPS) is 17.6. The monoisotopic (exact) mass is 578 g/mol. The van der Waals surface area contributed by atoms with Crippen LogP contribution in [0.1, 0.15) is 97.8 Å². The molecule has 6 atom stereocenters. The minimum atomic E-state index is -3.49. The van der Waals surface area contributed by atoms with Gasteiger partial charge in [-0.05, 0) is 0 Å². The summed E-state index contributed by atoms with van der Waals surface area (Å²) in [4.78, 5) is -0.110. The predicted molar refractivity (Wildman–Crippen MR) is 120 cm³/mol. The standard InChI is InChI=1S/C18H42As3O4P/c1-4-7-10-13-16(19)23-26(22,24-17(20)14-11-8-5-2)25-18(21)15-12-9-6-3/h16-18H,4-15,19-21H2,1-3H3. The molecule has 8 heteroatoms. The van der Waals surface area contributed by atoms with Crippen molar-refractivity contribution >= 4 is 58.4 Å². The Bertz CT molecular complexity index is 322. The fourth-order valence-corrected chi connectivity index (χ4v) is 8.28.